The maximum absolute atomic E-state index is 11.2. The molecule has 2 heterocycles. The summed E-state index contributed by atoms with van der Waals surface area (Å²) < 4.78 is 23.9. The van der Waals surface area contributed by atoms with Gasteiger partial charge in [0.05, 0.1) is 5.75 Å². The number of aromatic nitrogens is 4. The fourth-order valence-electron chi connectivity index (χ4n) is 1.63. The summed E-state index contributed by atoms with van der Waals surface area (Å²) in [6.45, 7) is 1.76. The van der Waals surface area contributed by atoms with Crippen molar-refractivity contribution in [1.82, 2.24) is 19.6 Å². The van der Waals surface area contributed by atoms with Crippen LogP contribution in [-0.2, 0) is 9.84 Å². The molecule has 1 atom stereocenters. The minimum Gasteiger partial charge on any atom is -0.366 e. The Kier molecular flexibility index (Phi) is 3.40. The van der Waals surface area contributed by atoms with Crippen LogP contribution < -0.4 is 5.32 Å². The van der Waals surface area contributed by atoms with Crippen molar-refractivity contribution in [2.24, 2.45) is 0 Å². The summed E-state index contributed by atoms with van der Waals surface area (Å²) in [5.74, 6) is 0.929. The fraction of sp³-hybridized carbons (Fsp3) is 0.444. The maximum atomic E-state index is 11.2. The predicted octanol–water partition coefficient (Wildman–Crippen LogP) is 0.623. The molecule has 0 saturated heterocycles. The zero-order valence-corrected chi connectivity index (χ0v) is 11.4. The molecule has 0 bridgehead atoms. The molecule has 0 spiro atoms. The number of anilines is 1. The van der Waals surface area contributed by atoms with Crippen LogP contribution in [0.15, 0.2) is 12.4 Å². The number of hydrogen-bond donors (Lipinski definition) is 1. The van der Waals surface area contributed by atoms with Crippen molar-refractivity contribution >= 4 is 33.0 Å². The molecular weight excluding hydrogens is 278 g/mol. The van der Waals surface area contributed by atoms with Crippen molar-refractivity contribution in [3.05, 3.63) is 17.5 Å². The molecule has 0 aliphatic heterocycles. The van der Waals surface area contributed by atoms with Gasteiger partial charge in [-0.15, -0.1) is 0 Å². The van der Waals surface area contributed by atoms with E-state index in [1.54, 1.807) is 13.0 Å². The van der Waals surface area contributed by atoms with Crippen molar-refractivity contribution in [3.63, 3.8) is 0 Å². The monoisotopic (exact) mass is 289 g/mol. The topological polar surface area (TPSA) is 89.2 Å². The van der Waals surface area contributed by atoms with Gasteiger partial charge in [0.2, 0.25) is 0 Å². The van der Waals surface area contributed by atoms with Crippen LogP contribution in [0.1, 0.15) is 6.92 Å². The van der Waals surface area contributed by atoms with E-state index in [1.165, 1.54) is 17.1 Å². The second-order valence-electron chi connectivity index (χ2n) is 4.07. The van der Waals surface area contributed by atoms with Crippen LogP contribution in [0, 0.1) is 0 Å². The van der Waals surface area contributed by atoms with Gasteiger partial charge in [-0.3, -0.25) is 0 Å². The quantitative estimate of drug-likeness (QED) is 0.830. The van der Waals surface area contributed by atoms with Crippen molar-refractivity contribution in [1.29, 1.82) is 0 Å². The summed E-state index contributed by atoms with van der Waals surface area (Å²) in [5.41, 5.74) is 0. The first-order chi connectivity index (χ1) is 8.35. The maximum Gasteiger partial charge on any atom is 0.255 e. The second kappa shape index (κ2) is 4.69. The summed E-state index contributed by atoms with van der Waals surface area (Å²) in [6.07, 6.45) is 2.54. The highest BCUT2D eigenvalue weighted by Crippen LogP contribution is 2.15. The number of nitrogens with zero attached hydrogens (tertiary/aromatic N) is 4. The van der Waals surface area contributed by atoms with Gasteiger partial charge in [-0.05, 0) is 6.92 Å². The van der Waals surface area contributed by atoms with Crippen molar-refractivity contribution in [3.8, 4) is 0 Å². The van der Waals surface area contributed by atoms with E-state index in [1.807, 2.05) is 0 Å². The third-order valence-electron chi connectivity index (χ3n) is 2.17. The number of sulfone groups is 1. The standard InChI is InChI=1S/C9H12ClN5O2S/c1-6(4-18(2,16)17)13-8-3-7(10)14-9-11-5-12-15(8)9/h3,5-6,13H,4H2,1-2H3. The highest BCUT2D eigenvalue weighted by atomic mass is 35.5. The summed E-state index contributed by atoms with van der Waals surface area (Å²) in [6, 6.07) is 1.30. The smallest absolute Gasteiger partial charge is 0.255 e. The minimum absolute atomic E-state index is 0.0170. The Bertz CT molecular complexity index is 669. The Balaban J connectivity index is 2.28. The summed E-state index contributed by atoms with van der Waals surface area (Å²) in [7, 11) is -3.05. The van der Waals surface area contributed by atoms with Gasteiger partial charge in [0.25, 0.3) is 5.78 Å². The Morgan fingerprint density at radius 1 is 1.56 bits per heavy atom. The first-order valence-corrected chi connectivity index (χ1v) is 7.59. The molecule has 18 heavy (non-hydrogen) atoms. The van der Waals surface area contributed by atoms with Gasteiger partial charge < -0.3 is 5.32 Å². The molecule has 0 amide bonds. The van der Waals surface area contributed by atoms with Crippen LogP contribution in [0.2, 0.25) is 5.15 Å². The normalized spacial score (nSPS) is 13.7. The van der Waals surface area contributed by atoms with Gasteiger partial charge in [-0.2, -0.15) is 19.6 Å². The van der Waals surface area contributed by atoms with Crippen molar-refractivity contribution in [2.45, 2.75) is 13.0 Å². The molecule has 2 rings (SSSR count). The Hall–Kier alpha value is -1.41. The summed E-state index contributed by atoms with van der Waals surface area (Å²) in [5, 5.41) is 7.28. The number of rotatable bonds is 4. The molecule has 2 aromatic heterocycles. The molecule has 0 aliphatic rings. The van der Waals surface area contributed by atoms with E-state index in [9.17, 15) is 8.42 Å². The lowest BCUT2D eigenvalue weighted by molar-refractivity contribution is 0.597. The lowest BCUT2D eigenvalue weighted by Crippen LogP contribution is -2.26. The molecule has 7 nitrogen and oxygen atoms in total. The third kappa shape index (κ3) is 3.08. The zero-order valence-electron chi connectivity index (χ0n) is 9.83. The molecule has 0 aromatic carbocycles. The van der Waals surface area contributed by atoms with Gasteiger partial charge in [-0.1, -0.05) is 11.6 Å². The largest absolute Gasteiger partial charge is 0.366 e. The van der Waals surface area contributed by atoms with E-state index >= 15 is 0 Å². The molecular formula is C9H12ClN5O2S. The van der Waals surface area contributed by atoms with Crippen molar-refractivity contribution < 1.29 is 8.42 Å². The highest BCUT2D eigenvalue weighted by molar-refractivity contribution is 7.90. The predicted molar refractivity (Wildman–Crippen MR) is 68.6 cm³/mol. The average Bonchev–Trinajstić information content (AvgIpc) is 2.61. The molecule has 98 valence electrons. The van der Waals surface area contributed by atoms with Crippen LogP contribution in [-0.4, -0.2) is 46.1 Å². The molecule has 0 fully saturated rings. The molecule has 0 saturated carbocycles. The Labute approximate surface area is 109 Å². The lowest BCUT2D eigenvalue weighted by atomic mass is 10.4. The van der Waals surface area contributed by atoms with Crippen LogP contribution in [0.3, 0.4) is 0 Å². The molecule has 1 unspecified atom stereocenters. The van der Waals surface area contributed by atoms with E-state index in [2.05, 4.69) is 20.4 Å². The zero-order chi connectivity index (χ0) is 13.3. The molecule has 9 heteroatoms. The Morgan fingerprint density at radius 2 is 2.28 bits per heavy atom. The first-order valence-electron chi connectivity index (χ1n) is 5.16. The number of hydrogen-bond acceptors (Lipinski definition) is 6. The Morgan fingerprint density at radius 3 is 2.94 bits per heavy atom. The van der Waals surface area contributed by atoms with Crippen LogP contribution in [0.25, 0.3) is 5.78 Å². The van der Waals surface area contributed by atoms with E-state index in [0.29, 0.717) is 11.6 Å². The fourth-order valence-corrected chi connectivity index (χ4v) is 2.80. The van der Waals surface area contributed by atoms with E-state index in [4.69, 9.17) is 11.6 Å². The van der Waals surface area contributed by atoms with Gasteiger partial charge in [0.15, 0.2) is 0 Å². The van der Waals surface area contributed by atoms with Gasteiger partial charge >= 0.3 is 0 Å². The third-order valence-corrected chi connectivity index (χ3v) is 3.47. The van der Waals surface area contributed by atoms with E-state index in [-0.39, 0.29) is 16.9 Å². The van der Waals surface area contributed by atoms with Gasteiger partial charge in [0, 0.05) is 18.4 Å². The number of fused-ring (bicyclic) bond motifs is 1. The molecule has 0 aliphatic carbocycles. The van der Waals surface area contributed by atoms with Crippen molar-refractivity contribution in [2.75, 3.05) is 17.3 Å². The molecule has 0 radical (unpaired) electrons. The van der Waals surface area contributed by atoms with E-state index in [0.717, 1.165) is 0 Å². The number of nitrogens with one attached hydrogen (secondary N) is 1. The van der Waals surface area contributed by atoms with Crippen LogP contribution in [0.4, 0.5) is 5.82 Å². The molecule has 2 aromatic rings. The minimum atomic E-state index is -3.05. The van der Waals surface area contributed by atoms with Gasteiger partial charge in [0.1, 0.15) is 27.1 Å². The molecule has 1 N–H and O–H groups in total. The van der Waals surface area contributed by atoms with E-state index < -0.39 is 9.84 Å². The van der Waals surface area contributed by atoms with Crippen LogP contribution in [0.5, 0.6) is 0 Å². The first kappa shape index (κ1) is 13.0. The summed E-state index contributed by atoms with van der Waals surface area (Å²) >= 11 is 5.85. The SMILES string of the molecule is CC(CS(C)(=O)=O)Nc1cc(Cl)nc2ncnn12. The second-order valence-corrected chi connectivity index (χ2v) is 6.65. The summed E-state index contributed by atoms with van der Waals surface area (Å²) in [4.78, 5) is 7.89. The lowest BCUT2D eigenvalue weighted by Gasteiger charge is -2.14. The van der Waals surface area contributed by atoms with Crippen LogP contribution >= 0.6 is 11.6 Å². The highest BCUT2D eigenvalue weighted by Gasteiger charge is 2.13. The average molecular weight is 290 g/mol. The number of halogens is 1. The van der Waals surface area contributed by atoms with Gasteiger partial charge in [-0.25, -0.2) is 8.42 Å².